The number of amides is 1. The molecule has 0 spiro atoms. The summed E-state index contributed by atoms with van der Waals surface area (Å²) in [5, 5.41) is 6.54. The number of aromatic nitrogens is 1. The van der Waals surface area contributed by atoms with E-state index in [0.717, 1.165) is 6.54 Å². The second-order valence-electron chi connectivity index (χ2n) is 7.70. The molecule has 1 aliphatic carbocycles. The van der Waals surface area contributed by atoms with Crippen molar-refractivity contribution in [3.8, 4) is 0 Å². The van der Waals surface area contributed by atoms with Crippen LogP contribution in [0.25, 0.3) is 0 Å². The summed E-state index contributed by atoms with van der Waals surface area (Å²) in [4.78, 5) is 16.1. The SMILES string of the molecule is Cc1ccncc1CNC(C)(CNC(=O)OC(C)(C)C)C1CC1. The number of carbonyl (C=O) groups excluding carboxylic acids is 1. The van der Waals surface area contributed by atoms with Gasteiger partial charge in [-0.1, -0.05) is 0 Å². The van der Waals surface area contributed by atoms with Gasteiger partial charge in [0.15, 0.2) is 0 Å². The summed E-state index contributed by atoms with van der Waals surface area (Å²) >= 11 is 0. The average Bonchev–Trinajstić information content (AvgIpc) is 3.27. The molecule has 0 aliphatic heterocycles. The highest BCUT2D eigenvalue weighted by Crippen LogP contribution is 2.39. The van der Waals surface area contributed by atoms with Gasteiger partial charge in [-0.3, -0.25) is 4.98 Å². The first-order valence-electron chi connectivity index (χ1n) is 8.31. The normalized spacial score (nSPS) is 17.4. The third-order valence-corrected chi connectivity index (χ3v) is 4.31. The van der Waals surface area contributed by atoms with Gasteiger partial charge in [-0.25, -0.2) is 4.79 Å². The van der Waals surface area contributed by atoms with Gasteiger partial charge in [0.25, 0.3) is 0 Å². The maximum atomic E-state index is 11.9. The van der Waals surface area contributed by atoms with E-state index in [0.29, 0.717) is 12.5 Å². The van der Waals surface area contributed by atoms with Gasteiger partial charge in [-0.05, 0) is 70.6 Å². The molecule has 128 valence electrons. The predicted molar refractivity (Wildman–Crippen MR) is 91.2 cm³/mol. The first-order valence-corrected chi connectivity index (χ1v) is 8.31. The van der Waals surface area contributed by atoms with Gasteiger partial charge in [-0.2, -0.15) is 0 Å². The Labute approximate surface area is 139 Å². The minimum absolute atomic E-state index is 0.126. The molecule has 2 rings (SSSR count). The van der Waals surface area contributed by atoms with Gasteiger partial charge >= 0.3 is 6.09 Å². The Morgan fingerprint density at radius 3 is 2.61 bits per heavy atom. The summed E-state index contributed by atoms with van der Waals surface area (Å²) in [5.74, 6) is 0.592. The molecule has 23 heavy (non-hydrogen) atoms. The molecule has 5 heteroatoms. The van der Waals surface area contributed by atoms with E-state index in [2.05, 4.69) is 29.5 Å². The topological polar surface area (TPSA) is 63.2 Å². The maximum absolute atomic E-state index is 11.9. The zero-order valence-corrected chi connectivity index (χ0v) is 14.9. The molecule has 0 radical (unpaired) electrons. The maximum Gasteiger partial charge on any atom is 0.407 e. The van der Waals surface area contributed by atoms with Crippen LogP contribution < -0.4 is 10.6 Å². The molecule has 1 amide bonds. The molecule has 1 aliphatic rings. The van der Waals surface area contributed by atoms with Crippen molar-refractivity contribution >= 4 is 6.09 Å². The van der Waals surface area contributed by atoms with Gasteiger partial charge in [-0.15, -0.1) is 0 Å². The first-order chi connectivity index (χ1) is 10.7. The van der Waals surface area contributed by atoms with E-state index in [9.17, 15) is 4.79 Å². The molecule has 1 aromatic heterocycles. The van der Waals surface area contributed by atoms with Crippen LogP contribution in [0.2, 0.25) is 0 Å². The Balaban J connectivity index is 1.91. The molecule has 5 nitrogen and oxygen atoms in total. The molecule has 0 saturated heterocycles. The monoisotopic (exact) mass is 319 g/mol. The minimum Gasteiger partial charge on any atom is -0.444 e. The van der Waals surface area contributed by atoms with Crippen LogP contribution in [0.4, 0.5) is 4.79 Å². The number of nitrogens with zero attached hydrogens (tertiary/aromatic N) is 1. The van der Waals surface area contributed by atoms with E-state index < -0.39 is 5.60 Å². The number of ether oxygens (including phenoxy) is 1. The molecule has 1 heterocycles. The summed E-state index contributed by atoms with van der Waals surface area (Å²) in [6.45, 7) is 11.2. The van der Waals surface area contributed by atoms with E-state index >= 15 is 0 Å². The third-order valence-electron chi connectivity index (χ3n) is 4.31. The molecular formula is C18H29N3O2. The summed E-state index contributed by atoms with van der Waals surface area (Å²) in [6.07, 6.45) is 5.75. The molecule has 1 saturated carbocycles. The number of pyridine rings is 1. The Morgan fingerprint density at radius 1 is 1.35 bits per heavy atom. The molecule has 2 N–H and O–H groups in total. The molecule has 1 fully saturated rings. The summed E-state index contributed by atoms with van der Waals surface area (Å²) < 4.78 is 5.33. The van der Waals surface area contributed by atoms with Crippen molar-refractivity contribution in [3.05, 3.63) is 29.6 Å². The van der Waals surface area contributed by atoms with Crippen molar-refractivity contribution < 1.29 is 9.53 Å². The van der Waals surface area contributed by atoms with E-state index in [1.165, 1.54) is 24.0 Å². The van der Waals surface area contributed by atoms with Gasteiger partial charge in [0.1, 0.15) is 5.60 Å². The van der Waals surface area contributed by atoms with Crippen LogP contribution in [-0.4, -0.2) is 28.8 Å². The van der Waals surface area contributed by atoms with Crippen molar-refractivity contribution in [2.24, 2.45) is 5.92 Å². The highest BCUT2D eigenvalue weighted by atomic mass is 16.6. The minimum atomic E-state index is -0.472. The molecular weight excluding hydrogens is 290 g/mol. The van der Waals surface area contributed by atoms with E-state index in [4.69, 9.17) is 4.74 Å². The van der Waals surface area contributed by atoms with Crippen LogP contribution in [0.3, 0.4) is 0 Å². The number of carbonyl (C=O) groups is 1. The predicted octanol–water partition coefficient (Wildman–Crippen LogP) is 3.17. The molecule has 1 unspecified atom stereocenters. The molecule has 1 aromatic rings. The fourth-order valence-electron chi connectivity index (χ4n) is 2.62. The van der Waals surface area contributed by atoms with Gasteiger partial charge < -0.3 is 15.4 Å². The third kappa shape index (κ3) is 5.50. The summed E-state index contributed by atoms with van der Waals surface area (Å²) in [6, 6.07) is 2.02. The number of hydrogen-bond acceptors (Lipinski definition) is 4. The second-order valence-corrected chi connectivity index (χ2v) is 7.70. The summed E-state index contributed by atoms with van der Waals surface area (Å²) in [7, 11) is 0. The number of alkyl carbamates (subject to hydrolysis) is 1. The lowest BCUT2D eigenvalue weighted by Crippen LogP contribution is -2.53. The quantitative estimate of drug-likeness (QED) is 0.845. The Hall–Kier alpha value is -1.62. The van der Waals surface area contributed by atoms with Crippen molar-refractivity contribution in [3.63, 3.8) is 0 Å². The van der Waals surface area contributed by atoms with Crippen LogP contribution in [-0.2, 0) is 11.3 Å². The Morgan fingerprint density at radius 2 is 2.04 bits per heavy atom. The fraction of sp³-hybridized carbons (Fsp3) is 0.667. The van der Waals surface area contributed by atoms with E-state index in [1.807, 2.05) is 39.2 Å². The van der Waals surface area contributed by atoms with Crippen LogP contribution >= 0.6 is 0 Å². The lowest BCUT2D eigenvalue weighted by Gasteiger charge is -2.32. The van der Waals surface area contributed by atoms with Crippen LogP contribution in [0.15, 0.2) is 18.5 Å². The zero-order valence-electron chi connectivity index (χ0n) is 14.9. The molecule has 0 bridgehead atoms. The Bertz CT molecular complexity index is 549. The number of aryl methyl sites for hydroxylation is 1. The average molecular weight is 319 g/mol. The van der Waals surface area contributed by atoms with Crippen molar-refractivity contribution in [2.75, 3.05) is 6.54 Å². The highest BCUT2D eigenvalue weighted by molar-refractivity contribution is 5.67. The first kappa shape index (κ1) is 17.7. The summed E-state index contributed by atoms with van der Waals surface area (Å²) in [5.41, 5.74) is 1.82. The van der Waals surface area contributed by atoms with Crippen LogP contribution in [0.1, 0.15) is 51.7 Å². The largest absolute Gasteiger partial charge is 0.444 e. The van der Waals surface area contributed by atoms with E-state index in [1.54, 1.807) is 0 Å². The lowest BCUT2D eigenvalue weighted by atomic mass is 9.95. The van der Waals surface area contributed by atoms with Crippen molar-refractivity contribution in [2.45, 2.75) is 65.1 Å². The highest BCUT2D eigenvalue weighted by Gasteiger charge is 2.41. The number of nitrogens with one attached hydrogen (secondary N) is 2. The van der Waals surface area contributed by atoms with Gasteiger partial charge in [0, 0.05) is 31.0 Å². The zero-order chi connectivity index (χ0) is 17.1. The lowest BCUT2D eigenvalue weighted by molar-refractivity contribution is 0.0507. The number of rotatable bonds is 6. The fourth-order valence-corrected chi connectivity index (χ4v) is 2.62. The van der Waals surface area contributed by atoms with Gasteiger partial charge in [0.05, 0.1) is 0 Å². The number of hydrogen-bond donors (Lipinski definition) is 2. The van der Waals surface area contributed by atoms with E-state index in [-0.39, 0.29) is 11.6 Å². The molecule has 0 aromatic carbocycles. The van der Waals surface area contributed by atoms with Crippen LogP contribution in [0, 0.1) is 12.8 Å². The van der Waals surface area contributed by atoms with Crippen molar-refractivity contribution in [1.82, 2.24) is 15.6 Å². The second kappa shape index (κ2) is 6.87. The van der Waals surface area contributed by atoms with Gasteiger partial charge in [0.2, 0.25) is 0 Å². The Kier molecular flexibility index (Phi) is 5.30. The smallest absolute Gasteiger partial charge is 0.407 e. The molecule has 1 atom stereocenters. The standard InChI is InChI=1S/C18H29N3O2/c1-13-8-9-19-10-14(13)11-21-18(5,15-6-7-15)12-20-16(22)23-17(2,3)4/h8-10,15,21H,6-7,11-12H2,1-5H3,(H,20,22). The van der Waals surface area contributed by atoms with Crippen molar-refractivity contribution in [1.29, 1.82) is 0 Å². The van der Waals surface area contributed by atoms with Crippen LogP contribution in [0.5, 0.6) is 0 Å².